The van der Waals surface area contributed by atoms with Gasteiger partial charge in [-0.1, -0.05) is 34.8 Å². The highest BCUT2D eigenvalue weighted by Crippen LogP contribution is 2.23. The molecule has 0 radical (unpaired) electrons. The van der Waals surface area contributed by atoms with Crippen LogP contribution in [0.5, 0.6) is 0 Å². The second-order valence-corrected chi connectivity index (χ2v) is 7.58. The number of carbonyl (C=O) groups excluding carboxylic acids is 2. The molecule has 0 saturated heterocycles. The number of halogens is 4. The Bertz CT molecular complexity index is 1060. The lowest BCUT2D eigenvalue weighted by Crippen LogP contribution is -2.38. The quantitative estimate of drug-likeness (QED) is 0.495. The SMILES string of the molecule is O=C(NCCN(C(=O)c1ccc(Cl)cc1)c1ccc(F)cc1)c1ccc(Cl)c(Cl)c1. The van der Waals surface area contributed by atoms with Crippen molar-refractivity contribution in [1.82, 2.24) is 5.32 Å². The largest absolute Gasteiger partial charge is 0.350 e. The van der Waals surface area contributed by atoms with Crippen LogP contribution in [0.1, 0.15) is 20.7 Å². The van der Waals surface area contributed by atoms with Gasteiger partial charge in [0.15, 0.2) is 0 Å². The highest BCUT2D eigenvalue weighted by molar-refractivity contribution is 6.42. The van der Waals surface area contributed by atoms with Crippen molar-refractivity contribution in [2.75, 3.05) is 18.0 Å². The Balaban J connectivity index is 1.74. The van der Waals surface area contributed by atoms with E-state index in [0.717, 1.165) is 0 Å². The van der Waals surface area contributed by atoms with E-state index in [9.17, 15) is 14.0 Å². The highest BCUT2D eigenvalue weighted by Gasteiger charge is 2.18. The molecule has 0 heterocycles. The van der Waals surface area contributed by atoms with E-state index in [0.29, 0.717) is 26.9 Å². The summed E-state index contributed by atoms with van der Waals surface area (Å²) in [7, 11) is 0. The number of hydrogen-bond acceptors (Lipinski definition) is 2. The van der Waals surface area contributed by atoms with Gasteiger partial charge in [-0.05, 0) is 66.7 Å². The van der Waals surface area contributed by atoms with E-state index >= 15 is 0 Å². The fourth-order valence-electron chi connectivity index (χ4n) is 2.74. The predicted molar refractivity (Wildman–Crippen MR) is 118 cm³/mol. The molecule has 0 aromatic heterocycles. The molecule has 30 heavy (non-hydrogen) atoms. The summed E-state index contributed by atoms with van der Waals surface area (Å²) < 4.78 is 13.3. The van der Waals surface area contributed by atoms with Crippen molar-refractivity contribution in [3.05, 3.63) is 98.7 Å². The number of amides is 2. The van der Waals surface area contributed by atoms with Gasteiger partial charge in [-0.2, -0.15) is 0 Å². The lowest BCUT2D eigenvalue weighted by atomic mass is 10.1. The summed E-state index contributed by atoms with van der Waals surface area (Å²) in [6.45, 7) is 0.329. The monoisotopic (exact) mass is 464 g/mol. The second kappa shape index (κ2) is 9.94. The van der Waals surface area contributed by atoms with Crippen molar-refractivity contribution in [3.63, 3.8) is 0 Å². The van der Waals surface area contributed by atoms with E-state index in [4.69, 9.17) is 34.8 Å². The minimum atomic E-state index is -0.412. The Hall–Kier alpha value is -2.60. The normalized spacial score (nSPS) is 10.5. The van der Waals surface area contributed by atoms with E-state index in [1.807, 2.05) is 0 Å². The molecule has 0 saturated carbocycles. The third-order valence-corrected chi connectivity index (χ3v) is 5.27. The van der Waals surface area contributed by atoms with Crippen molar-refractivity contribution in [1.29, 1.82) is 0 Å². The van der Waals surface area contributed by atoms with E-state index in [1.54, 1.807) is 30.3 Å². The predicted octanol–water partition coefficient (Wildman–Crippen LogP) is 5.86. The Morgan fingerprint density at radius 3 is 2.10 bits per heavy atom. The minimum Gasteiger partial charge on any atom is -0.350 e. The summed E-state index contributed by atoms with van der Waals surface area (Å²) in [6, 6.07) is 16.5. The van der Waals surface area contributed by atoms with Crippen LogP contribution in [0.15, 0.2) is 66.7 Å². The van der Waals surface area contributed by atoms with Gasteiger partial charge in [0.05, 0.1) is 10.0 Å². The van der Waals surface area contributed by atoms with Crippen molar-refractivity contribution >= 4 is 52.3 Å². The molecule has 0 atom stereocenters. The summed E-state index contributed by atoms with van der Waals surface area (Å²) in [6.07, 6.45) is 0. The molecule has 0 aliphatic heterocycles. The fraction of sp³-hybridized carbons (Fsp3) is 0.0909. The zero-order valence-corrected chi connectivity index (χ0v) is 17.8. The maximum Gasteiger partial charge on any atom is 0.258 e. The first kappa shape index (κ1) is 22.1. The van der Waals surface area contributed by atoms with Gasteiger partial charge < -0.3 is 10.2 Å². The van der Waals surface area contributed by atoms with Crippen LogP contribution < -0.4 is 10.2 Å². The summed E-state index contributed by atoms with van der Waals surface area (Å²) in [5.41, 5.74) is 1.27. The van der Waals surface area contributed by atoms with Crippen LogP contribution in [0.25, 0.3) is 0 Å². The molecular formula is C22H16Cl3FN2O2. The van der Waals surface area contributed by atoms with Gasteiger partial charge in [0.25, 0.3) is 11.8 Å². The van der Waals surface area contributed by atoms with Gasteiger partial charge in [0.1, 0.15) is 5.82 Å². The molecule has 3 aromatic carbocycles. The maximum atomic E-state index is 13.3. The Morgan fingerprint density at radius 2 is 1.47 bits per heavy atom. The fourth-order valence-corrected chi connectivity index (χ4v) is 3.16. The van der Waals surface area contributed by atoms with Gasteiger partial charge >= 0.3 is 0 Å². The smallest absolute Gasteiger partial charge is 0.258 e. The average molecular weight is 466 g/mol. The number of hydrogen-bond donors (Lipinski definition) is 1. The van der Waals surface area contributed by atoms with Crippen LogP contribution in [0, 0.1) is 5.82 Å². The molecule has 0 aliphatic rings. The molecule has 0 bridgehead atoms. The van der Waals surface area contributed by atoms with Crippen LogP contribution in [0.3, 0.4) is 0 Å². The van der Waals surface area contributed by atoms with Crippen molar-refractivity contribution < 1.29 is 14.0 Å². The minimum absolute atomic E-state index is 0.162. The molecule has 8 heteroatoms. The van der Waals surface area contributed by atoms with Gasteiger partial charge in [0.2, 0.25) is 0 Å². The number of nitrogens with zero attached hydrogens (tertiary/aromatic N) is 1. The van der Waals surface area contributed by atoms with E-state index in [1.165, 1.54) is 41.3 Å². The standard InChI is InChI=1S/C22H16Cl3FN2O2/c23-16-4-1-14(2-5-16)22(30)28(18-8-6-17(26)7-9-18)12-11-27-21(29)15-3-10-19(24)20(25)13-15/h1-10,13H,11-12H2,(H,27,29). The van der Waals surface area contributed by atoms with Gasteiger partial charge in [-0.25, -0.2) is 4.39 Å². The number of anilines is 1. The first-order chi connectivity index (χ1) is 14.3. The molecule has 154 valence electrons. The third-order valence-electron chi connectivity index (χ3n) is 4.28. The number of carbonyl (C=O) groups is 2. The molecule has 3 rings (SSSR count). The van der Waals surface area contributed by atoms with Gasteiger partial charge in [-0.3, -0.25) is 9.59 Å². The molecule has 0 aliphatic carbocycles. The van der Waals surface area contributed by atoms with Crippen molar-refractivity contribution in [2.45, 2.75) is 0 Å². The topological polar surface area (TPSA) is 49.4 Å². The van der Waals surface area contributed by atoms with Crippen molar-refractivity contribution in [3.8, 4) is 0 Å². The zero-order valence-electron chi connectivity index (χ0n) is 15.5. The molecule has 4 nitrogen and oxygen atoms in total. The summed E-state index contributed by atoms with van der Waals surface area (Å²) in [5, 5.41) is 3.88. The molecule has 1 N–H and O–H groups in total. The number of nitrogens with one attached hydrogen (secondary N) is 1. The Kier molecular flexibility index (Phi) is 7.32. The third kappa shape index (κ3) is 5.51. The van der Waals surface area contributed by atoms with Gasteiger partial charge in [0, 0.05) is 34.9 Å². The van der Waals surface area contributed by atoms with Crippen LogP contribution in [0.2, 0.25) is 15.1 Å². The second-order valence-electron chi connectivity index (χ2n) is 6.32. The maximum absolute atomic E-state index is 13.3. The summed E-state index contributed by atoms with van der Waals surface area (Å²) in [5.74, 6) is -1.07. The van der Waals surface area contributed by atoms with Crippen LogP contribution >= 0.6 is 34.8 Å². The summed E-state index contributed by atoms with van der Waals surface area (Å²) in [4.78, 5) is 26.8. The first-order valence-electron chi connectivity index (χ1n) is 8.91. The lowest BCUT2D eigenvalue weighted by molar-refractivity contribution is 0.0943. The van der Waals surface area contributed by atoms with Crippen LogP contribution in [0.4, 0.5) is 10.1 Å². The molecule has 0 spiro atoms. The Morgan fingerprint density at radius 1 is 0.833 bits per heavy atom. The zero-order chi connectivity index (χ0) is 21.7. The molecule has 2 amide bonds. The summed E-state index contributed by atoms with van der Waals surface area (Å²) >= 11 is 17.7. The molecular weight excluding hydrogens is 450 g/mol. The number of rotatable bonds is 6. The van der Waals surface area contributed by atoms with E-state index in [-0.39, 0.29) is 29.9 Å². The lowest BCUT2D eigenvalue weighted by Gasteiger charge is -2.23. The molecule has 0 fully saturated rings. The van der Waals surface area contributed by atoms with Crippen LogP contribution in [-0.2, 0) is 0 Å². The van der Waals surface area contributed by atoms with E-state index < -0.39 is 5.82 Å². The Labute approximate surface area is 188 Å². The number of benzene rings is 3. The van der Waals surface area contributed by atoms with Crippen molar-refractivity contribution in [2.24, 2.45) is 0 Å². The van der Waals surface area contributed by atoms with E-state index in [2.05, 4.69) is 5.32 Å². The first-order valence-corrected chi connectivity index (χ1v) is 10.0. The van der Waals surface area contributed by atoms with Gasteiger partial charge in [-0.15, -0.1) is 0 Å². The highest BCUT2D eigenvalue weighted by atomic mass is 35.5. The molecule has 3 aromatic rings. The average Bonchev–Trinajstić information content (AvgIpc) is 2.74. The molecule has 0 unspecified atom stereocenters. The van der Waals surface area contributed by atoms with Crippen LogP contribution in [-0.4, -0.2) is 24.9 Å².